The Labute approximate surface area is 167 Å². The number of rotatable bonds is 6. The highest BCUT2D eigenvalue weighted by molar-refractivity contribution is 5.99. The molecule has 0 spiro atoms. The van der Waals surface area contributed by atoms with Gasteiger partial charge in [-0.15, -0.1) is 0 Å². The number of carbonyl (C=O) groups is 2. The molecule has 0 saturated carbocycles. The molecule has 0 aliphatic rings. The second-order valence-corrected chi connectivity index (χ2v) is 7.69. The molecule has 10 heteroatoms. The van der Waals surface area contributed by atoms with Crippen molar-refractivity contribution < 1.29 is 27.6 Å². The van der Waals surface area contributed by atoms with Gasteiger partial charge in [0.05, 0.1) is 5.41 Å². The van der Waals surface area contributed by atoms with Crippen LogP contribution in [0.3, 0.4) is 0 Å². The third-order valence-corrected chi connectivity index (χ3v) is 3.72. The summed E-state index contributed by atoms with van der Waals surface area (Å²) >= 11 is 0. The average molecular weight is 410 g/mol. The van der Waals surface area contributed by atoms with Gasteiger partial charge in [0.2, 0.25) is 0 Å². The van der Waals surface area contributed by atoms with E-state index >= 15 is 0 Å². The molecule has 0 atom stereocenters. The number of anilines is 3. The van der Waals surface area contributed by atoms with E-state index in [4.69, 9.17) is 9.26 Å². The fourth-order valence-corrected chi connectivity index (χ4v) is 2.12. The molecule has 0 aliphatic carbocycles. The Kier molecular flexibility index (Phi) is 6.78. The van der Waals surface area contributed by atoms with E-state index in [0.717, 1.165) is 0 Å². The Morgan fingerprint density at radius 1 is 1.00 bits per heavy atom. The molecular weight excluding hydrogens is 386 g/mol. The molecule has 158 valence electrons. The topological polar surface area (TPSA) is 105 Å². The molecule has 0 saturated heterocycles. The number of halogens is 2. The standard InChI is InChI=1S/C19H24F2N4O4/c1-18(2,3)28-17(27)23-13-7-5-12(6-8-13)22-16(26)24-15-9-14(29-25-15)19(4,10-20)11-21/h5-9H,10-11H2,1-4H3,(H,23,27)(H2,22,24,25,26). The van der Waals surface area contributed by atoms with E-state index in [9.17, 15) is 18.4 Å². The van der Waals surface area contributed by atoms with Gasteiger partial charge in [-0.2, -0.15) is 0 Å². The van der Waals surface area contributed by atoms with Crippen molar-refractivity contribution in [3.63, 3.8) is 0 Å². The smallest absolute Gasteiger partial charge is 0.412 e. The number of amides is 3. The number of nitrogens with one attached hydrogen (secondary N) is 3. The van der Waals surface area contributed by atoms with Crippen molar-refractivity contribution >= 4 is 29.3 Å². The number of urea groups is 1. The highest BCUT2D eigenvalue weighted by atomic mass is 19.1. The Bertz CT molecular complexity index is 843. The van der Waals surface area contributed by atoms with Gasteiger partial charge in [0.1, 0.15) is 24.7 Å². The lowest BCUT2D eigenvalue weighted by Gasteiger charge is -2.19. The molecule has 3 amide bonds. The van der Waals surface area contributed by atoms with Crippen LogP contribution in [-0.2, 0) is 10.2 Å². The first kappa shape index (κ1) is 22.1. The molecule has 0 aliphatic heterocycles. The zero-order chi connectivity index (χ0) is 21.7. The van der Waals surface area contributed by atoms with Crippen LogP contribution in [0.1, 0.15) is 33.5 Å². The Hall–Kier alpha value is -3.17. The molecular formula is C19H24F2N4O4. The predicted octanol–water partition coefficient (Wildman–Crippen LogP) is 4.86. The van der Waals surface area contributed by atoms with E-state index < -0.39 is 36.5 Å². The molecule has 2 aromatic rings. The van der Waals surface area contributed by atoms with Crippen LogP contribution in [0.15, 0.2) is 34.9 Å². The van der Waals surface area contributed by atoms with E-state index in [1.165, 1.54) is 13.0 Å². The first-order chi connectivity index (χ1) is 13.5. The van der Waals surface area contributed by atoms with E-state index in [2.05, 4.69) is 21.1 Å². The van der Waals surface area contributed by atoms with Gasteiger partial charge in [-0.25, -0.2) is 18.4 Å². The van der Waals surface area contributed by atoms with Crippen LogP contribution >= 0.6 is 0 Å². The quantitative estimate of drug-likeness (QED) is 0.631. The molecule has 0 bridgehead atoms. The molecule has 0 radical (unpaired) electrons. The number of aromatic nitrogens is 1. The molecule has 2 rings (SSSR count). The van der Waals surface area contributed by atoms with Crippen molar-refractivity contribution in [3.8, 4) is 0 Å². The fraction of sp³-hybridized carbons (Fsp3) is 0.421. The first-order valence-electron chi connectivity index (χ1n) is 8.82. The van der Waals surface area contributed by atoms with Crippen molar-refractivity contribution in [2.24, 2.45) is 0 Å². The SMILES string of the molecule is CC(C)(C)OC(=O)Nc1ccc(NC(=O)Nc2cc(C(C)(CF)CF)on2)cc1. The number of alkyl halides is 2. The Morgan fingerprint density at radius 2 is 1.55 bits per heavy atom. The predicted molar refractivity (Wildman–Crippen MR) is 105 cm³/mol. The van der Waals surface area contributed by atoms with E-state index in [-0.39, 0.29) is 11.6 Å². The number of nitrogens with zero attached hydrogens (tertiary/aromatic N) is 1. The van der Waals surface area contributed by atoms with Crippen molar-refractivity contribution in [1.82, 2.24) is 5.16 Å². The number of ether oxygens (including phenoxy) is 1. The highest BCUT2D eigenvalue weighted by Gasteiger charge is 2.32. The second-order valence-electron chi connectivity index (χ2n) is 7.69. The first-order valence-corrected chi connectivity index (χ1v) is 8.82. The molecule has 29 heavy (non-hydrogen) atoms. The zero-order valence-electron chi connectivity index (χ0n) is 16.6. The summed E-state index contributed by atoms with van der Waals surface area (Å²) in [4.78, 5) is 23.8. The molecule has 1 aromatic heterocycles. The minimum absolute atomic E-state index is 0.00429. The number of carbonyl (C=O) groups excluding carboxylic acids is 2. The minimum Gasteiger partial charge on any atom is -0.444 e. The summed E-state index contributed by atoms with van der Waals surface area (Å²) in [6.45, 7) is 4.69. The molecule has 0 fully saturated rings. The van der Waals surface area contributed by atoms with Crippen molar-refractivity contribution in [3.05, 3.63) is 36.1 Å². The van der Waals surface area contributed by atoms with Gasteiger partial charge < -0.3 is 14.6 Å². The maximum Gasteiger partial charge on any atom is 0.412 e. The third kappa shape index (κ3) is 6.44. The average Bonchev–Trinajstić information content (AvgIpc) is 3.10. The zero-order valence-corrected chi connectivity index (χ0v) is 16.6. The molecule has 1 heterocycles. The van der Waals surface area contributed by atoms with E-state index in [1.54, 1.807) is 45.0 Å². The second kappa shape index (κ2) is 8.89. The van der Waals surface area contributed by atoms with E-state index in [0.29, 0.717) is 11.4 Å². The summed E-state index contributed by atoms with van der Waals surface area (Å²) in [6, 6.07) is 6.96. The van der Waals surface area contributed by atoms with Crippen LogP contribution in [0.2, 0.25) is 0 Å². The summed E-state index contributed by atoms with van der Waals surface area (Å²) in [5, 5.41) is 11.1. The molecule has 1 aromatic carbocycles. The normalized spacial score (nSPS) is 11.7. The summed E-state index contributed by atoms with van der Waals surface area (Å²) in [7, 11) is 0. The van der Waals surface area contributed by atoms with Crippen LogP contribution < -0.4 is 16.0 Å². The van der Waals surface area contributed by atoms with E-state index in [1.807, 2.05) is 0 Å². The largest absolute Gasteiger partial charge is 0.444 e. The van der Waals surface area contributed by atoms with Gasteiger partial charge in [-0.1, -0.05) is 5.16 Å². The number of hydrogen-bond acceptors (Lipinski definition) is 5. The fourth-order valence-electron chi connectivity index (χ4n) is 2.12. The maximum atomic E-state index is 13.0. The van der Waals surface area contributed by atoms with Crippen molar-refractivity contribution in [2.75, 3.05) is 29.3 Å². The Balaban J connectivity index is 1.91. The Morgan fingerprint density at radius 3 is 2.07 bits per heavy atom. The summed E-state index contributed by atoms with van der Waals surface area (Å²) in [6.07, 6.45) is -0.591. The van der Waals surface area contributed by atoms with Crippen LogP contribution in [0.25, 0.3) is 0 Å². The monoisotopic (exact) mass is 410 g/mol. The highest BCUT2D eigenvalue weighted by Crippen LogP contribution is 2.27. The number of hydrogen-bond donors (Lipinski definition) is 3. The summed E-state index contributed by atoms with van der Waals surface area (Å²) in [5.41, 5.74) is -1.13. The van der Waals surface area contributed by atoms with Crippen LogP contribution in [0.4, 0.5) is 35.6 Å². The van der Waals surface area contributed by atoms with Gasteiger partial charge in [-0.05, 0) is 52.0 Å². The van der Waals surface area contributed by atoms with Gasteiger partial charge in [0, 0.05) is 17.4 Å². The molecule has 8 nitrogen and oxygen atoms in total. The van der Waals surface area contributed by atoms with Crippen molar-refractivity contribution in [1.29, 1.82) is 0 Å². The van der Waals surface area contributed by atoms with Gasteiger partial charge >= 0.3 is 12.1 Å². The lowest BCUT2D eigenvalue weighted by molar-refractivity contribution is 0.0636. The lowest BCUT2D eigenvalue weighted by atomic mass is 9.91. The number of benzene rings is 1. The van der Waals surface area contributed by atoms with Gasteiger partial charge in [0.25, 0.3) is 0 Å². The van der Waals surface area contributed by atoms with Crippen LogP contribution in [0.5, 0.6) is 0 Å². The lowest BCUT2D eigenvalue weighted by Crippen LogP contribution is -2.27. The molecule has 0 unspecified atom stereocenters. The minimum atomic E-state index is -1.44. The van der Waals surface area contributed by atoms with Gasteiger partial charge in [0.15, 0.2) is 5.82 Å². The van der Waals surface area contributed by atoms with Crippen LogP contribution in [-0.4, -0.2) is 36.2 Å². The van der Waals surface area contributed by atoms with Crippen LogP contribution in [0, 0.1) is 0 Å². The van der Waals surface area contributed by atoms with Crippen molar-refractivity contribution in [2.45, 2.75) is 38.7 Å². The summed E-state index contributed by atoms with van der Waals surface area (Å²) < 4.78 is 36.1. The third-order valence-electron chi connectivity index (χ3n) is 3.72. The maximum absolute atomic E-state index is 13.0. The summed E-state index contributed by atoms with van der Waals surface area (Å²) in [5.74, 6) is 0.0178. The molecule has 3 N–H and O–H groups in total. The van der Waals surface area contributed by atoms with Gasteiger partial charge in [-0.3, -0.25) is 10.6 Å².